The molecule has 4 heteroatoms. The van der Waals surface area contributed by atoms with E-state index in [-0.39, 0.29) is 0 Å². The summed E-state index contributed by atoms with van der Waals surface area (Å²) in [6, 6.07) is 12.0. The Morgan fingerprint density at radius 1 is 1.15 bits per heavy atom. The van der Waals surface area contributed by atoms with Gasteiger partial charge in [-0.2, -0.15) is 0 Å². The van der Waals surface area contributed by atoms with Gasteiger partial charge in [-0.05, 0) is 31.8 Å². The van der Waals surface area contributed by atoms with Crippen LogP contribution in [0.25, 0.3) is 0 Å². The largest absolute Gasteiger partial charge is 0.544 e. The summed E-state index contributed by atoms with van der Waals surface area (Å²) in [6.07, 6.45) is 5.40. The molecule has 0 radical (unpaired) electrons. The van der Waals surface area contributed by atoms with Gasteiger partial charge in [0.25, 0.3) is 0 Å². The summed E-state index contributed by atoms with van der Waals surface area (Å²) in [6.45, 7) is 7.17. The zero-order valence-corrected chi connectivity index (χ0v) is 13.2. The second-order valence-corrected chi connectivity index (χ2v) is 10.0. The molecule has 0 aliphatic rings. The number of nitrogens with zero attached hydrogens (tertiary/aromatic N) is 2. The first kappa shape index (κ1) is 14.5. The summed E-state index contributed by atoms with van der Waals surface area (Å²) in [5.41, 5.74) is 2.13. The molecule has 1 heterocycles. The van der Waals surface area contributed by atoms with E-state index in [0.717, 1.165) is 16.9 Å². The second-order valence-electron chi connectivity index (χ2n) is 5.58. The molecule has 104 valence electrons. The minimum absolute atomic E-state index is 0.621. The van der Waals surface area contributed by atoms with Crippen molar-refractivity contribution >= 4 is 14.5 Å². The van der Waals surface area contributed by atoms with Crippen LogP contribution < -0.4 is 4.43 Å². The van der Waals surface area contributed by atoms with Gasteiger partial charge in [0.15, 0.2) is 0 Å². The van der Waals surface area contributed by atoms with Crippen LogP contribution in [0.2, 0.25) is 19.6 Å². The first-order valence-electron chi connectivity index (χ1n) is 6.71. The first-order valence-corrected chi connectivity index (χ1v) is 10.1. The first-order chi connectivity index (χ1) is 9.54. The Morgan fingerprint density at radius 2 is 1.95 bits per heavy atom. The van der Waals surface area contributed by atoms with Gasteiger partial charge < -0.3 is 4.43 Å². The predicted molar refractivity (Wildman–Crippen MR) is 86.0 cm³/mol. The van der Waals surface area contributed by atoms with Gasteiger partial charge in [0.2, 0.25) is 8.32 Å². The van der Waals surface area contributed by atoms with Crippen LogP contribution in [0, 0.1) is 0 Å². The Balaban J connectivity index is 2.08. The van der Waals surface area contributed by atoms with Crippen molar-refractivity contribution < 1.29 is 4.43 Å². The van der Waals surface area contributed by atoms with Crippen LogP contribution in [0.3, 0.4) is 0 Å². The molecular formula is C16H20N2OSi. The van der Waals surface area contributed by atoms with Gasteiger partial charge in [0.1, 0.15) is 5.75 Å². The van der Waals surface area contributed by atoms with E-state index in [0.29, 0.717) is 6.54 Å². The molecular weight excluding hydrogens is 264 g/mol. The number of pyridine rings is 1. The maximum absolute atomic E-state index is 6.09. The standard InChI is InChI=1S/C16H20N2OSi/c1-20(2,3)19-16-9-5-4-8-15(16)13-18-12-14-7-6-10-17-11-14/h4-12H,13H2,1-3H3/b18-12-. The van der Waals surface area contributed by atoms with Crippen molar-refractivity contribution in [2.24, 2.45) is 4.99 Å². The molecule has 0 bridgehead atoms. The summed E-state index contributed by atoms with van der Waals surface area (Å²) >= 11 is 0. The summed E-state index contributed by atoms with van der Waals surface area (Å²) < 4.78 is 6.09. The average molecular weight is 284 g/mol. The van der Waals surface area contributed by atoms with Crippen LogP contribution in [-0.2, 0) is 6.54 Å². The van der Waals surface area contributed by atoms with E-state index < -0.39 is 8.32 Å². The highest BCUT2D eigenvalue weighted by Gasteiger charge is 2.17. The van der Waals surface area contributed by atoms with Crippen molar-refractivity contribution in [2.45, 2.75) is 26.2 Å². The van der Waals surface area contributed by atoms with Crippen LogP contribution in [0.15, 0.2) is 53.8 Å². The molecule has 0 saturated carbocycles. The minimum atomic E-state index is -1.59. The summed E-state index contributed by atoms with van der Waals surface area (Å²) in [5, 5.41) is 0. The van der Waals surface area contributed by atoms with Gasteiger partial charge in [-0.3, -0.25) is 9.98 Å². The Bertz CT molecular complexity index is 577. The monoisotopic (exact) mass is 284 g/mol. The van der Waals surface area contributed by atoms with Crippen molar-refractivity contribution in [1.29, 1.82) is 0 Å². The highest BCUT2D eigenvalue weighted by Crippen LogP contribution is 2.22. The summed E-state index contributed by atoms with van der Waals surface area (Å²) in [7, 11) is -1.59. The van der Waals surface area contributed by atoms with Crippen molar-refractivity contribution in [3.8, 4) is 5.75 Å². The molecule has 0 aliphatic carbocycles. The lowest BCUT2D eigenvalue weighted by Gasteiger charge is -2.21. The van der Waals surface area contributed by atoms with Crippen molar-refractivity contribution in [3.05, 3.63) is 59.9 Å². The SMILES string of the molecule is C[Si](C)(C)Oc1ccccc1C/N=C\c1cccnc1. The summed E-state index contributed by atoms with van der Waals surface area (Å²) in [5.74, 6) is 0.954. The van der Waals surface area contributed by atoms with Gasteiger partial charge in [0.05, 0.1) is 6.54 Å². The van der Waals surface area contributed by atoms with Gasteiger partial charge >= 0.3 is 0 Å². The fourth-order valence-corrected chi connectivity index (χ4v) is 2.62. The highest BCUT2D eigenvalue weighted by molar-refractivity contribution is 6.70. The quantitative estimate of drug-likeness (QED) is 0.616. The topological polar surface area (TPSA) is 34.5 Å². The zero-order valence-electron chi connectivity index (χ0n) is 12.2. The number of rotatable bonds is 5. The molecule has 0 aliphatic heterocycles. The fourth-order valence-electron chi connectivity index (χ4n) is 1.77. The van der Waals surface area contributed by atoms with Crippen molar-refractivity contribution in [3.63, 3.8) is 0 Å². The van der Waals surface area contributed by atoms with Crippen LogP contribution in [0.1, 0.15) is 11.1 Å². The minimum Gasteiger partial charge on any atom is -0.544 e. The van der Waals surface area contributed by atoms with E-state index >= 15 is 0 Å². The van der Waals surface area contributed by atoms with E-state index in [1.165, 1.54) is 0 Å². The number of aromatic nitrogens is 1. The molecule has 0 atom stereocenters. The van der Waals surface area contributed by atoms with Crippen LogP contribution in [-0.4, -0.2) is 19.5 Å². The Hall–Kier alpha value is -1.94. The fraction of sp³-hybridized carbons (Fsp3) is 0.250. The van der Waals surface area contributed by atoms with Gasteiger partial charge in [0, 0.05) is 29.7 Å². The summed E-state index contributed by atoms with van der Waals surface area (Å²) in [4.78, 5) is 8.54. The molecule has 3 nitrogen and oxygen atoms in total. The van der Waals surface area contributed by atoms with Crippen LogP contribution in [0.5, 0.6) is 5.75 Å². The van der Waals surface area contributed by atoms with E-state index in [9.17, 15) is 0 Å². The van der Waals surface area contributed by atoms with Gasteiger partial charge in [-0.1, -0.05) is 24.3 Å². The molecule has 2 rings (SSSR count). The van der Waals surface area contributed by atoms with Crippen LogP contribution in [0.4, 0.5) is 0 Å². The van der Waals surface area contributed by atoms with Crippen molar-refractivity contribution in [1.82, 2.24) is 4.98 Å². The number of benzene rings is 1. The molecule has 20 heavy (non-hydrogen) atoms. The molecule has 0 N–H and O–H groups in total. The molecule has 1 aromatic heterocycles. The molecule has 0 fully saturated rings. The Morgan fingerprint density at radius 3 is 2.65 bits per heavy atom. The highest BCUT2D eigenvalue weighted by atomic mass is 28.4. The van der Waals surface area contributed by atoms with Gasteiger partial charge in [-0.15, -0.1) is 0 Å². The Kier molecular flexibility index (Phi) is 4.68. The molecule has 0 unspecified atom stereocenters. The third kappa shape index (κ3) is 4.62. The second kappa shape index (κ2) is 6.48. The molecule has 0 amide bonds. The molecule has 0 spiro atoms. The third-order valence-electron chi connectivity index (χ3n) is 2.58. The van der Waals surface area contributed by atoms with Crippen LogP contribution >= 0.6 is 0 Å². The van der Waals surface area contributed by atoms with E-state index in [1.54, 1.807) is 12.4 Å². The predicted octanol–water partition coefficient (Wildman–Crippen LogP) is 3.91. The molecule has 2 aromatic rings. The maximum atomic E-state index is 6.09. The van der Waals surface area contributed by atoms with E-state index in [1.807, 2.05) is 36.5 Å². The van der Waals surface area contributed by atoms with Gasteiger partial charge in [-0.25, -0.2) is 0 Å². The number of hydrogen-bond donors (Lipinski definition) is 0. The maximum Gasteiger partial charge on any atom is 0.242 e. The lowest BCUT2D eigenvalue weighted by atomic mass is 10.2. The van der Waals surface area contributed by atoms with E-state index in [4.69, 9.17) is 4.43 Å². The van der Waals surface area contributed by atoms with E-state index in [2.05, 4.69) is 35.7 Å². The van der Waals surface area contributed by atoms with Crippen molar-refractivity contribution in [2.75, 3.05) is 0 Å². The smallest absolute Gasteiger partial charge is 0.242 e. The normalized spacial score (nSPS) is 11.8. The Labute approximate surface area is 121 Å². The third-order valence-corrected chi connectivity index (χ3v) is 3.41. The zero-order chi connectivity index (χ0) is 14.4. The number of aliphatic imine (C=N–C) groups is 1. The number of hydrogen-bond acceptors (Lipinski definition) is 3. The molecule has 1 aromatic carbocycles. The average Bonchev–Trinajstić information content (AvgIpc) is 2.40. The lowest BCUT2D eigenvalue weighted by molar-refractivity contribution is 0.549. The lowest BCUT2D eigenvalue weighted by Crippen LogP contribution is -2.29. The molecule has 0 saturated heterocycles. The number of para-hydroxylation sites is 1.